The number of aliphatic imine (C=N–C) groups is 1. The van der Waals surface area contributed by atoms with Gasteiger partial charge in [0.2, 0.25) is 0 Å². The van der Waals surface area contributed by atoms with Crippen LogP contribution >= 0.6 is 24.0 Å². The maximum absolute atomic E-state index is 10.4. The number of aryl methyl sites for hydroxylation is 1. The van der Waals surface area contributed by atoms with Crippen molar-refractivity contribution in [2.24, 2.45) is 4.99 Å². The highest BCUT2D eigenvalue weighted by Crippen LogP contribution is 2.30. The summed E-state index contributed by atoms with van der Waals surface area (Å²) in [5, 5.41) is 17.4. The molecule has 1 aromatic rings. The predicted octanol–water partition coefficient (Wildman–Crippen LogP) is 3.82. The molecule has 5 nitrogen and oxygen atoms in total. The van der Waals surface area contributed by atoms with E-state index >= 15 is 0 Å². The smallest absolute Gasteiger partial charge is 0.191 e. The van der Waals surface area contributed by atoms with Crippen LogP contribution in [0.1, 0.15) is 62.1 Å². The van der Waals surface area contributed by atoms with Crippen LogP contribution in [0.2, 0.25) is 0 Å². The molecule has 1 fully saturated rings. The molecule has 0 amide bonds. The van der Waals surface area contributed by atoms with E-state index in [1.807, 2.05) is 13.1 Å². The van der Waals surface area contributed by atoms with Gasteiger partial charge in [-0.2, -0.15) is 0 Å². The molecule has 3 N–H and O–H groups in total. The highest BCUT2D eigenvalue weighted by Gasteiger charge is 2.20. The number of fused-ring (bicyclic) bond motifs is 1. The van der Waals surface area contributed by atoms with Gasteiger partial charge in [0.15, 0.2) is 5.96 Å². The molecule has 1 heterocycles. The Morgan fingerprint density at radius 1 is 1.21 bits per heavy atom. The topological polar surface area (TPSA) is 59.9 Å². The van der Waals surface area contributed by atoms with Crippen LogP contribution in [-0.4, -0.2) is 48.7 Å². The lowest BCUT2D eigenvalue weighted by atomic mass is 9.88. The van der Waals surface area contributed by atoms with Gasteiger partial charge < -0.3 is 20.6 Å². The Kier molecular flexibility index (Phi) is 9.85. The number of benzene rings is 1. The molecule has 158 valence electrons. The first kappa shape index (κ1) is 23.3. The Bertz CT molecular complexity index is 642. The summed E-state index contributed by atoms with van der Waals surface area (Å²) in [5.41, 5.74) is 3.79. The molecule has 0 radical (unpaired) electrons. The van der Waals surface area contributed by atoms with Gasteiger partial charge in [-0.1, -0.05) is 19.4 Å². The molecule has 6 heteroatoms. The summed E-state index contributed by atoms with van der Waals surface area (Å²) in [6.45, 7) is 6.45. The quantitative estimate of drug-likeness (QED) is 0.316. The van der Waals surface area contributed by atoms with E-state index < -0.39 is 0 Å². The van der Waals surface area contributed by atoms with Crippen LogP contribution in [0.5, 0.6) is 5.75 Å². The molecule has 1 aliphatic carbocycles. The fraction of sp³-hybridized carbons (Fsp3) is 0.682. The molecule has 0 atom stereocenters. The van der Waals surface area contributed by atoms with Crippen molar-refractivity contribution in [2.45, 2.75) is 70.9 Å². The first-order valence-electron chi connectivity index (χ1n) is 10.7. The fourth-order valence-electron chi connectivity index (χ4n) is 4.33. The largest absolute Gasteiger partial charge is 0.508 e. The number of aromatic hydroxyl groups is 1. The second-order valence-electron chi connectivity index (χ2n) is 7.95. The lowest BCUT2D eigenvalue weighted by molar-refractivity contribution is 0.203. The number of phenolic OH excluding ortho intramolecular Hbond substituents is 1. The van der Waals surface area contributed by atoms with Crippen molar-refractivity contribution >= 4 is 29.9 Å². The highest BCUT2D eigenvalue weighted by atomic mass is 127. The number of hydrogen-bond donors (Lipinski definition) is 3. The van der Waals surface area contributed by atoms with Gasteiger partial charge in [-0.05, 0) is 68.7 Å². The maximum atomic E-state index is 10.4. The Morgan fingerprint density at radius 3 is 2.68 bits per heavy atom. The molecule has 1 saturated heterocycles. The number of nitrogens with zero attached hydrogens (tertiary/aromatic N) is 2. The van der Waals surface area contributed by atoms with Crippen molar-refractivity contribution in [3.05, 3.63) is 28.8 Å². The summed E-state index contributed by atoms with van der Waals surface area (Å²) < 4.78 is 0. The summed E-state index contributed by atoms with van der Waals surface area (Å²) in [6, 6.07) is 4.42. The first-order chi connectivity index (χ1) is 13.2. The number of halogens is 1. The molecule has 1 aromatic carbocycles. The molecular formula is C22H37IN4O. The Balaban J connectivity index is 0.00000280. The van der Waals surface area contributed by atoms with Crippen LogP contribution in [0.3, 0.4) is 0 Å². The second kappa shape index (κ2) is 11.9. The van der Waals surface area contributed by atoms with Gasteiger partial charge >= 0.3 is 0 Å². The summed E-state index contributed by atoms with van der Waals surface area (Å²) in [5.74, 6) is 1.25. The Hall–Kier alpha value is -1.02. The Labute approximate surface area is 187 Å². The summed E-state index contributed by atoms with van der Waals surface area (Å²) in [7, 11) is 1.83. The lowest BCUT2D eigenvalue weighted by Crippen LogP contribution is -2.48. The number of guanidine groups is 1. The summed E-state index contributed by atoms with van der Waals surface area (Å²) in [4.78, 5) is 6.98. The van der Waals surface area contributed by atoms with Gasteiger partial charge in [-0.25, -0.2) is 0 Å². The number of unbranched alkanes of at least 4 members (excludes halogenated alkanes) is 1. The SMILES string of the molecule is CCCCN1CCC(NC(=NC)NCc2c(O)ccc3c2CCCC3)CC1.I. The molecule has 0 bridgehead atoms. The van der Waals surface area contributed by atoms with Crippen molar-refractivity contribution in [1.29, 1.82) is 0 Å². The van der Waals surface area contributed by atoms with E-state index in [4.69, 9.17) is 0 Å². The van der Waals surface area contributed by atoms with Crippen molar-refractivity contribution in [1.82, 2.24) is 15.5 Å². The molecule has 1 aliphatic heterocycles. The molecule has 0 saturated carbocycles. The summed E-state index contributed by atoms with van der Waals surface area (Å²) >= 11 is 0. The van der Waals surface area contributed by atoms with Crippen LogP contribution in [-0.2, 0) is 19.4 Å². The number of rotatable bonds is 6. The van der Waals surface area contributed by atoms with E-state index in [9.17, 15) is 5.11 Å². The molecule has 2 aliphatic rings. The third-order valence-corrected chi connectivity index (χ3v) is 6.04. The zero-order chi connectivity index (χ0) is 19.1. The molecular weight excluding hydrogens is 463 g/mol. The first-order valence-corrected chi connectivity index (χ1v) is 10.7. The molecule has 28 heavy (non-hydrogen) atoms. The normalized spacial score (nSPS) is 18.3. The number of hydrogen-bond acceptors (Lipinski definition) is 3. The van der Waals surface area contributed by atoms with Crippen molar-refractivity contribution in [3.63, 3.8) is 0 Å². The molecule has 0 spiro atoms. The van der Waals surface area contributed by atoms with Crippen molar-refractivity contribution in [3.8, 4) is 5.75 Å². The van der Waals surface area contributed by atoms with Crippen molar-refractivity contribution < 1.29 is 5.11 Å². The van der Waals surface area contributed by atoms with E-state index in [-0.39, 0.29) is 24.0 Å². The van der Waals surface area contributed by atoms with Crippen LogP contribution in [0.4, 0.5) is 0 Å². The van der Waals surface area contributed by atoms with E-state index in [0.29, 0.717) is 18.3 Å². The van der Waals surface area contributed by atoms with Gasteiger partial charge in [-0.15, -0.1) is 24.0 Å². The summed E-state index contributed by atoms with van der Waals surface area (Å²) in [6.07, 6.45) is 9.57. The monoisotopic (exact) mass is 500 g/mol. The third kappa shape index (κ3) is 6.24. The molecule has 3 rings (SSSR count). The Morgan fingerprint density at radius 2 is 1.96 bits per heavy atom. The van der Waals surface area contributed by atoms with E-state index in [1.54, 1.807) is 0 Å². The minimum absolute atomic E-state index is 0. The predicted molar refractivity (Wildman–Crippen MR) is 128 cm³/mol. The van der Waals surface area contributed by atoms with Gasteiger partial charge in [0.05, 0.1) is 0 Å². The average Bonchev–Trinajstić information content (AvgIpc) is 2.71. The number of piperidine rings is 1. The second-order valence-corrected chi connectivity index (χ2v) is 7.95. The van der Waals surface area contributed by atoms with E-state index in [2.05, 4.69) is 33.5 Å². The van der Waals surface area contributed by atoms with Gasteiger partial charge in [0.25, 0.3) is 0 Å². The number of nitrogens with one attached hydrogen (secondary N) is 2. The van der Waals surface area contributed by atoms with Crippen LogP contribution in [0.25, 0.3) is 0 Å². The fourth-order valence-corrected chi connectivity index (χ4v) is 4.33. The van der Waals surface area contributed by atoms with E-state index in [0.717, 1.165) is 37.2 Å². The molecule has 0 unspecified atom stereocenters. The number of likely N-dealkylation sites (tertiary alicyclic amines) is 1. The van der Waals surface area contributed by atoms with Gasteiger partial charge in [0, 0.05) is 38.3 Å². The van der Waals surface area contributed by atoms with Gasteiger partial charge in [0.1, 0.15) is 5.75 Å². The maximum Gasteiger partial charge on any atom is 0.191 e. The van der Waals surface area contributed by atoms with Crippen LogP contribution < -0.4 is 10.6 Å². The third-order valence-electron chi connectivity index (χ3n) is 6.04. The minimum atomic E-state index is 0. The standard InChI is InChI=1S/C22H36N4O.HI/c1-3-4-13-26-14-11-18(12-15-26)25-22(23-2)24-16-20-19-8-6-5-7-17(19)9-10-21(20)27;/h9-10,18,27H,3-8,11-16H2,1-2H3,(H2,23,24,25);1H. The zero-order valence-corrected chi connectivity index (χ0v) is 19.8. The lowest BCUT2D eigenvalue weighted by Gasteiger charge is -2.33. The van der Waals surface area contributed by atoms with Crippen LogP contribution in [0.15, 0.2) is 17.1 Å². The highest BCUT2D eigenvalue weighted by molar-refractivity contribution is 14.0. The van der Waals surface area contributed by atoms with Gasteiger partial charge in [-0.3, -0.25) is 4.99 Å². The average molecular weight is 500 g/mol. The minimum Gasteiger partial charge on any atom is -0.508 e. The van der Waals surface area contributed by atoms with E-state index in [1.165, 1.54) is 56.4 Å². The number of phenols is 1. The van der Waals surface area contributed by atoms with Crippen LogP contribution in [0, 0.1) is 0 Å². The molecule has 0 aromatic heterocycles. The zero-order valence-electron chi connectivity index (χ0n) is 17.5. The van der Waals surface area contributed by atoms with Crippen molar-refractivity contribution in [2.75, 3.05) is 26.7 Å².